The summed E-state index contributed by atoms with van der Waals surface area (Å²) in [6, 6.07) is 0. The molecule has 0 aromatic carbocycles. The van der Waals surface area contributed by atoms with Crippen molar-refractivity contribution < 1.29 is 34.6 Å². The third kappa shape index (κ3) is 111. The topological polar surface area (TPSA) is 80.3 Å². The van der Waals surface area contributed by atoms with Crippen molar-refractivity contribution in [1.29, 1.82) is 0 Å². The fraction of sp³-hybridized carbons (Fsp3) is 0. The summed E-state index contributed by atoms with van der Waals surface area (Å²) in [5, 5.41) is 0. The van der Waals surface area contributed by atoms with Crippen LogP contribution in [0.5, 0.6) is 0 Å². The van der Waals surface area contributed by atoms with Gasteiger partial charge in [-0.3, -0.25) is 8.42 Å². The van der Waals surface area contributed by atoms with Crippen LogP contribution >= 0.6 is 0 Å². The molecule has 7 heteroatoms. The van der Waals surface area contributed by atoms with Crippen LogP contribution in [0.4, 0.5) is 0 Å². The number of hydrogen-bond acceptors (Lipinski definition) is 4. The Kier molecular flexibility index (Phi) is 12.4. The van der Waals surface area contributed by atoms with Gasteiger partial charge in [0.2, 0.25) is 0 Å². The van der Waals surface area contributed by atoms with Crippen molar-refractivity contribution in [2.45, 2.75) is 0 Å². The molecule has 0 aromatic rings. The van der Waals surface area contributed by atoms with Crippen molar-refractivity contribution in [3.05, 3.63) is 0 Å². The van der Waals surface area contributed by atoms with Crippen LogP contribution < -0.4 is 0 Å². The summed E-state index contributed by atoms with van der Waals surface area (Å²) in [5.74, 6) is 0. The molecule has 0 aliphatic rings. The van der Waals surface area contributed by atoms with Crippen molar-refractivity contribution in [3.63, 3.8) is 0 Å². The van der Waals surface area contributed by atoms with E-state index in [4.69, 9.17) is 17.5 Å². The maximum atomic E-state index is 8.52. The molecule has 0 fully saturated rings. The fourth-order valence-corrected chi connectivity index (χ4v) is 0. The molecule has 0 heterocycles. The van der Waals surface area contributed by atoms with Crippen LogP contribution in [-0.2, 0) is 27.5 Å². The zero-order valence-corrected chi connectivity index (χ0v) is 4.10. The molecule has 0 unspecified atom stereocenters. The van der Waals surface area contributed by atoms with Crippen molar-refractivity contribution >= 4 is 40.0 Å². The normalized spacial score (nSPS) is 8.29. The first kappa shape index (κ1) is 15.8. The molecule has 0 aliphatic carbocycles. The van der Waals surface area contributed by atoms with Crippen LogP contribution in [0, 0.1) is 0 Å². The van der Waals surface area contributed by atoms with E-state index in [1.807, 2.05) is 0 Å². The molecule has 0 rings (SSSR count). The Bertz CT molecular complexity index is 94.9. The van der Waals surface area contributed by atoms with Gasteiger partial charge in [0.25, 0.3) is 0 Å². The van der Waals surface area contributed by atoms with E-state index in [2.05, 4.69) is 0 Å². The van der Waals surface area contributed by atoms with Gasteiger partial charge in [0.15, 0.2) is 0 Å². The Labute approximate surface area is 74.0 Å². The Morgan fingerprint density at radius 3 is 1.14 bits per heavy atom. The van der Waals surface area contributed by atoms with E-state index in [0.29, 0.717) is 0 Å². The quantitative estimate of drug-likeness (QED) is 0.247. The summed E-state index contributed by atoms with van der Waals surface area (Å²) in [5.41, 5.74) is 0. The molecule has 0 N–H and O–H groups in total. The third-order valence-electron chi connectivity index (χ3n) is 0. The second-order valence-corrected chi connectivity index (χ2v) is 1.22. The summed E-state index contributed by atoms with van der Waals surface area (Å²) in [6.45, 7) is 0. The molecule has 0 atom stereocenters. The van der Waals surface area contributed by atoms with Gasteiger partial charge in [0, 0.05) is 10.4 Å². The molecule has 0 aliphatic heterocycles. The SMILES string of the molecule is O=S(=O)([O-])[O-].[Cu+2].[NaH]. The van der Waals surface area contributed by atoms with Crippen LogP contribution in [0.2, 0.25) is 0 Å². The van der Waals surface area contributed by atoms with Gasteiger partial charge in [0.05, 0.1) is 0 Å². The van der Waals surface area contributed by atoms with E-state index >= 15 is 0 Å². The maximum absolute atomic E-state index is 8.52. The van der Waals surface area contributed by atoms with Gasteiger partial charge < -0.3 is 9.11 Å². The molecule has 0 spiro atoms. The molecule has 0 bridgehead atoms. The Hall–Kier alpha value is 1.39. The Morgan fingerprint density at radius 2 is 1.14 bits per heavy atom. The average Bonchev–Trinajstić information content (AvgIpc) is 0.722. The minimum atomic E-state index is -5.17. The van der Waals surface area contributed by atoms with Gasteiger partial charge in [-0.15, -0.1) is 0 Å². The van der Waals surface area contributed by atoms with Crippen LogP contribution in [0.15, 0.2) is 0 Å². The number of rotatable bonds is 0. The van der Waals surface area contributed by atoms with E-state index in [0.717, 1.165) is 0 Å². The van der Waals surface area contributed by atoms with Crippen molar-refractivity contribution in [2.75, 3.05) is 0 Å². The van der Waals surface area contributed by atoms with Crippen LogP contribution in [-0.4, -0.2) is 47.1 Å². The monoisotopic (exact) mass is 183 g/mol. The zero-order chi connectivity index (χ0) is 4.50. The molecule has 0 aromatic heterocycles. The van der Waals surface area contributed by atoms with Crippen LogP contribution in [0.1, 0.15) is 0 Å². The standard InChI is InChI=1S/Cu.Na.H2O4S.H/c;;1-5(2,3)4;/h;;(H2,1,2,3,4);/q+2;;;/p-2. The Morgan fingerprint density at radius 1 is 1.14 bits per heavy atom. The molecule has 7 heavy (non-hydrogen) atoms. The molecule has 0 saturated carbocycles. The zero-order valence-electron chi connectivity index (χ0n) is 2.34. The molecule has 0 amide bonds. The summed E-state index contributed by atoms with van der Waals surface area (Å²) in [7, 11) is -5.17. The van der Waals surface area contributed by atoms with Crippen molar-refractivity contribution in [2.24, 2.45) is 0 Å². The first-order valence-corrected chi connectivity index (χ1v) is 2.00. The molecule has 1 radical (unpaired) electrons. The first-order chi connectivity index (χ1) is 2.00. The van der Waals surface area contributed by atoms with Gasteiger partial charge in [-0.05, 0) is 0 Å². The number of hydrogen-bond donors (Lipinski definition) is 0. The van der Waals surface area contributed by atoms with E-state index < -0.39 is 10.4 Å². The third-order valence-corrected chi connectivity index (χ3v) is 0. The van der Waals surface area contributed by atoms with Crippen LogP contribution in [0.3, 0.4) is 0 Å². The van der Waals surface area contributed by atoms with E-state index in [9.17, 15) is 0 Å². The molecular weight excluding hydrogens is 183 g/mol. The summed E-state index contributed by atoms with van der Waals surface area (Å²) >= 11 is 0. The molecule has 4 nitrogen and oxygen atoms in total. The predicted molar refractivity (Wildman–Crippen MR) is 17.6 cm³/mol. The van der Waals surface area contributed by atoms with Crippen LogP contribution in [0.25, 0.3) is 0 Å². The van der Waals surface area contributed by atoms with Gasteiger partial charge in [-0.2, -0.15) is 0 Å². The molecular formula is HCuNaO4S. The second kappa shape index (κ2) is 5.52. The van der Waals surface area contributed by atoms with Crippen molar-refractivity contribution in [1.82, 2.24) is 0 Å². The fourth-order valence-electron chi connectivity index (χ4n) is 0. The summed E-state index contributed by atoms with van der Waals surface area (Å²) in [4.78, 5) is 0. The van der Waals surface area contributed by atoms with E-state index in [1.165, 1.54) is 0 Å². The average molecular weight is 184 g/mol. The van der Waals surface area contributed by atoms with E-state index in [1.54, 1.807) is 0 Å². The molecule has 43 valence electrons. The first-order valence-electron chi connectivity index (χ1n) is 0.667. The molecule has 0 saturated heterocycles. The minimum absolute atomic E-state index is 0. The Balaban J connectivity index is -0.0000000800. The van der Waals surface area contributed by atoms with Gasteiger partial charge >= 0.3 is 46.6 Å². The van der Waals surface area contributed by atoms with Crippen molar-refractivity contribution in [3.8, 4) is 0 Å². The summed E-state index contributed by atoms with van der Waals surface area (Å²) < 4.78 is 34.1. The van der Waals surface area contributed by atoms with Gasteiger partial charge in [0.1, 0.15) is 0 Å². The van der Waals surface area contributed by atoms with Gasteiger partial charge in [-0.1, -0.05) is 0 Å². The van der Waals surface area contributed by atoms with E-state index in [-0.39, 0.29) is 46.6 Å². The summed E-state index contributed by atoms with van der Waals surface area (Å²) in [6.07, 6.45) is 0. The second-order valence-electron chi connectivity index (χ2n) is 0.408. The van der Waals surface area contributed by atoms with Gasteiger partial charge in [-0.25, -0.2) is 0 Å². The predicted octanol–water partition coefficient (Wildman–Crippen LogP) is -1.99.